The van der Waals surface area contributed by atoms with E-state index in [2.05, 4.69) is 4.99 Å². The fraction of sp³-hybridized carbons (Fsp3) is 0.714. The normalized spacial score (nSPS) is 13.4. The molecule has 0 aromatic rings. The van der Waals surface area contributed by atoms with Crippen LogP contribution in [0.25, 0.3) is 0 Å². The highest BCUT2D eigenvalue weighted by molar-refractivity contribution is 5.75. The van der Waals surface area contributed by atoms with E-state index in [0.717, 1.165) is 0 Å². The average Bonchev–Trinajstić information content (AvgIpc) is 1.86. The predicted molar refractivity (Wildman–Crippen MR) is 42.7 cm³/mol. The summed E-state index contributed by atoms with van der Waals surface area (Å²) in [4.78, 5) is 14.4. The number of aliphatic imine (C=N–C) groups is 1. The Bertz CT molecular complexity index is 145. The highest BCUT2D eigenvalue weighted by Crippen LogP contribution is 2.01. The summed E-state index contributed by atoms with van der Waals surface area (Å²) < 4.78 is 0. The van der Waals surface area contributed by atoms with Crippen LogP contribution in [-0.2, 0) is 4.79 Å². The van der Waals surface area contributed by atoms with E-state index in [1.54, 1.807) is 12.4 Å². The highest BCUT2D eigenvalue weighted by Gasteiger charge is 2.02. The molecule has 0 aromatic carbocycles. The number of ketones is 1. The van der Waals surface area contributed by atoms with Crippen LogP contribution >= 0.6 is 0 Å². The van der Waals surface area contributed by atoms with Gasteiger partial charge in [0, 0.05) is 13.0 Å². The minimum atomic E-state index is 0.171. The van der Waals surface area contributed by atoms with Crippen molar-refractivity contribution in [3.8, 4) is 0 Å². The first kappa shape index (κ1) is 10.1. The molecule has 0 spiro atoms. The lowest BCUT2D eigenvalue weighted by Gasteiger charge is -2.03. The first-order chi connectivity index (χ1) is 5.16. The van der Waals surface area contributed by atoms with Crippen molar-refractivity contribution in [3.05, 3.63) is 0 Å². The van der Waals surface area contributed by atoms with Crippen LogP contribution in [0.5, 0.6) is 0 Å². The van der Waals surface area contributed by atoms with Crippen molar-refractivity contribution in [3.63, 3.8) is 0 Å². The summed E-state index contributed by atoms with van der Waals surface area (Å²) in [5, 5.41) is 8.09. The van der Waals surface area contributed by atoms with Crippen molar-refractivity contribution in [1.29, 1.82) is 0 Å². The molecule has 11 heavy (non-hydrogen) atoms. The van der Waals surface area contributed by atoms with E-state index < -0.39 is 0 Å². The zero-order valence-corrected chi connectivity index (χ0v) is 6.87. The molecule has 0 aliphatic rings. The standard InChI is InChI=1S/C7H14N2O2/c1-6(3-7(2)10)4-8-5-9-11/h5-6,11H,3-4H2,1-2H3,(H,8,9). The molecule has 2 N–H and O–H groups in total. The molecule has 0 bridgehead atoms. The van der Waals surface area contributed by atoms with Gasteiger partial charge >= 0.3 is 0 Å². The number of hydroxylamine groups is 1. The molecule has 4 nitrogen and oxygen atoms in total. The molecule has 64 valence electrons. The lowest BCUT2D eigenvalue weighted by molar-refractivity contribution is -0.117. The van der Waals surface area contributed by atoms with E-state index in [1.807, 2.05) is 6.92 Å². The Kier molecular flexibility index (Phi) is 5.37. The van der Waals surface area contributed by atoms with E-state index in [-0.39, 0.29) is 11.7 Å². The van der Waals surface area contributed by atoms with Crippen molar-refractivity contribution in [2.45, 2.75) is 20.3 Å². The van der Waals surface area contributed by atoms with Crippen LogP contribution in [-0.4, -0.2) is 23.9 Å². The predicted octanol–water partition coefficient (Wildman–Crippen LogP) is 0.609. The van der Waals surface area contributed by atoms with Gasteiger partial charge in [-0.25, -0.2) is 0 Å². The van der Waals surface area contributed by atoms with Gasteiger partial charge < -0.3 is 4.79 Å². The Morgan fingerprint density at radius 1 is 1.82 bits per heavy atom. The van der Waals surface area contributed by atoms with Crippen molar-refractivity contribution >= 4 is 12.1 Å². The van der Waals surface area contributed by atoms with Gasteiger partial charge in [-0.2, -0.15) is 0 Å². The first-order valence-corrected chi connectivity index (χ1v) is 3.54. The van der Waals surface area contributed by atoms with Gasteiger partial charge in [0.15, 0.2) is 0 Å². The van der Waals surface area contributed by atoms with Gasteiger partial charge in [-0.05, 0) is 12.8 Å². The Hall–Kier alpha value is -0.900. The Morgan fingerprint density at radius 2 is 2.45 bits per heavy atom. The lowest BCUT2D eigenvalue weighted by atomic mass is 10.1. The summed E-state index contributed by atoms with van der Waals surface area (Å²) in [6, 6.07) is 0. The highest BCUT2D eigenvalue weighted by atomic mass is 16.5. The summed E-state index contributed by atoms with van der Waals surface area (Å²) in [5.74, 6) is 0.418. The minimum absolute atomic E-state index is 0.171. The number of nitrogens with zero attached hydrogens (tertiary/aromatic N) is 1. The summed E-state index contributed by atoms with van der Waals surface area (Å²) in [5.41, 5.74) is 1.80. The summed E-state index contributed by atoms with van der Waals surface area (Å²) >= 11 is 0. The number of nitrogens with one attached hydrogen (secondary N) is 1. The largest absolute Gasteiger partial charge is 0.300 e. The fourth-order valence-electron chi connectivity index (χ4n) is 0.829. The number of Topliss-reactive ketones (excluding diaryl/α,β-unsaturated/α-hetero) is 1. The van der Waals surface area contributed by atoms with Gasteiger partial charge in [0.25, 0.3) is 0 Å². The van der Waals surface area contributed by atoms with Crippen molar-refractivity contribution in [1.82, 2.24) is 5.48 Å². The molecule has 1 unspecified atom stereocenters. The molecule has 0 saturated carbocycles. The van der Waals surface area contributed by atoms with Crippen LogP contribution in [0.4, 0.5) is 0 Å². The van der Waals surface area contributed by atoms with Gasteiger partial charge in [0.2, 0.25) is 0 Å². The molecule has 0 rings (SSSR count). The quantitative estimate of drug-likeness (QED) is 0.350. The molecule has 1 atom stereocenters. The van der Waals surface area contributed by atoms with Crippen LogP contribution in [0.15, 0.2) is 4.99 Å². The van der Waals surface area contributed by atoms with Crippen LogP contribution in [0.1, 0.15) is 20.3 Å². The number of carbonyl (C=O) groups excluding carboxylic acids is 1. The van der Waals surface area contributed by atoms with Gasteiger partial charge in [-0.15, -0.1) is 0 Å². The molecular weight excluding hydrogens is 144 g/mol. The maximum Gasteiger partial charge on any atom is 0.130 e. The summed E-state index contributed by atoms with van der Waals surface area (Å²) in [6.07, 6.45) is 1.75. The van der Waals surface area contributed by atoms with E-state index in [1.165, 1.54) is 6.34 Å². The topological polar surface area (TPSA) is 61.7 Å². The Balaban J connectivity index is 3.44. The smallest absolute Gasteiger partial charge is 0.130 e. The zero-order chi connectivity index (χ0) is 8.69. The third-order valence-corrected chi connectivity index (χ3v) is 1.20. The molecule has 0 aromatic heterocycles. The number of hydrogen-bond acceptors (Lipinski definition) is 3. The van der Waals surface area contributed by atoms with Crippen molar-refractivity contribution in [2.75, 3.05) is 6.54 Å². The van der Waals surface area contributed by atoms with Crippen molar-refractivity contribution in [2.24, 2.45) is 10.9 Å². The monoisotopic (exact) mass is 158 g/mol. The Labute approximate surface area is 66.3 Å². The minimum Gasteiger partial charge on any atom is -0.300 e. The fourth-order valence-corrected chi connectivity index (χ4v) is 0.829. The molecule has 0 aliphatic heterocycles. The van der Waals surface area contributed by atoms with Crippen LogP contribution in [0.3, 0.4) is 0 Å². The molecule has 4 heteroatoms. The lowest BCUT2D eigenvalue weighted by Crippen LogP contribution is -2.08. The molecule has 0 amide bonds. The van der Waals surface area contributed by atoms with Gasteiger partial charge in [-0.1, -0.05) is 6.92 Å². The molecule has 0 fully saturated rings. The summed E-state index contributed by atoms with van der Waals surface area (Å²) in [7, 11) is 0. The van der Waals surface area contributed by atoms with Gasteiger partial charge in [0.05, 0.1) is 0 Å². The van der Waals surface area contributed by atoms with E-state index >= 15 is 0 Å². The Morgan fingerprint density at radius 3 is 2.91 bits per heavy atom. The van der Waals surface area contributed by atoms with Crippen molar-refractivity contribution < 1.29 is 10.0 Å². The third kappa shape index (κ3) is 6.99. The number of rotatable bonds is 5. The van der Waals surface area contributed by atoms with Crippen LogP contribution in [0, 0.1) is 5.92 Å². The molecule has 0 aliphatic carbocycles. The van der Waals surface area contributed by atoms with Gasteiger partial charge in [0.1, 0.15) is 12.1 Å². The zero-order valence-electron chi connectivity index (χ0n) is 6.87. The number of hydrogen-bond donors (Lipinski definition) is 2. The maximum absolute atomic E-state index is 10.6. The number of carbonyl (C=O) groups is 1. The van der Waals surface area contributed by atoms with E-state index in [9.17, 15) is 4.79 Å². The molecule has 0 heterocycles. The second kappa shape index (κ2) is 5.85. The second-order valence-corrected chi connectivity index (χ2v) is 2.63. The third-order valence-electron chi connectivity index (χ3n) is 1.20. The molecule has 0 radical (unpaired) electrons. The SMILES string of the molecule is CC(=O)CC(C)CN=CNO. The molecule has 0 saturated heterocycles. The summed E-state index contributed by atoms with van der Waals surface area (Å²) in [6.45, 7) is 4.06. The van der Waals surface area contributed by atoms with E-state index in [4.69, 9.17) is 5.21 Å². The average molecular weight is 158 g/mol. The first-order valence-electron chi connectivity index (χ1n) is 3.54. The molecular formula is C7H14N2O2. The van der Waals surface area contributed by atoms with Gasteiger partial charge in [-0.3, -0.25) is 15.7 Å². The van der Waals surface area contributed by atoms with Crippen LogP contribution in [0.2, 0.25) is 0 Å². The maximum atomic E-state index is 10.6. The second-order valence-electron chi connectivity index (χ2n) is 2.63. The van der Waals surface area contributed by atoms with E-state index in [0.29, 0.717) is 13.0 Å². The van der Waals surface area contributed by atoms with Crippen LogP contribution < -0.4 is 5.48 Å².